The van der Waals surface area contributed by atoms with Crippen LogP contribution in [0.5, 0.6) is 0 Å². The number of hydrogen-bond acceptors (Lipinski definition) is 4. The van der Waals surface area contributed by atoms with E-state index in [9.17, 15) is 13.2 Å². The molecule has 0 aliphatic carbocycles. The summed E-state index contributed by atoms with van der Waals surface area (Å²) in [5.41, 5.74) is 5.14. The number of halogens is 4. The van der Waals surface area contributed by atoms with Crippen molar-refractivity contribution in [3.63, 3.8) is 0 Å². The Morgan fingerprint density at radius 1 is 0.967 bits per heavy atom. The van der Waals surface area contributed by atoms with Crippen LogP contribution in [0.2, 0.25) is 5.02 Å². The van der Waals surface area contributed by atoms with Gasteiger partial charge >= 0.3 is 6.18 Å². The number of rotatable bonds is 4. The maximum absolute atomic E-state index is 12.9. The van der Waals surface area contributed by atoms with Crippen LogP contribution < -0.4 is 5.43 Å². The summed E-state index contributed by atoms with van der Waals surface area (Å²) in [6.07, 6.45) is -3.87. The van der Waals surface area contributed by atoms with Crippen molar-refractivity contribution in [2.75, 3.05) is 5.43 Å². The summed E-state index contributed by atoms with van der Waals surface area (Å²) in [7, 11) is 0. The molecular weight excluding hydrogens is 415 g/mol. The number of hydrazone groups is 1. The first-order valence-corrected chi connectivity index (χ1v) is 9.22. The number of aryl methyl sites for hydroxylation is 2. The van der Waals surface area contributed by atoms with Crippen LogP contribution in [-0.2, 0) is 6.18 Å². The number of amidine groups is 1. The molecule has 3 rings (SSSR count). The molecule has 0 aliphatic rings. The van der Waals surface area contributed by atoms with E-state index in [1.165, 1.54) is 0 Å². The third-order valence-corrected chi connectivity index (χ3v) is 4.31. The summed E-state index contributed by atoms with van der Waals surface area (Å²) in [5, 5.41) is 12.1. The number of azo groups is 1. The zero-order valence-electron chi connectivity index (χ0n) is 16.1. The van der Waals surface area contributed by atoms with Crippen molar-refractivity contribution in [2.24, 2.45) is 15.3 Å². The van der Waals surface area contributed by atoms with Gasteiger partial charge in [-0.2, -0.15) is 18.3 Å². The molecule has 5 nitrogen and oxygen atoms in total. The first-order valence-electron chi connectivity index (χ1n) is 8.84. The fraction of sp³-hybridized carbons (Fsp3) is 0.143. The minimum Gasteiger partial charge on any atom is -0.276 e. The van der Waals surface area contributed by atoms with Gasteiger partial charge in [0.05, 0.1) is 22.0 Å². The van der Waals surface area contributed by atoms with Crippen LogP contribution in [0.3, 0.4) is 0 Å². The summed E-state index contributed by atoms with van der Waals surface area (Å²) in [4.78, 5) is 3.82. The largest absolute Gasteiger partial charge is 0.417 e. The molecule has 0 atom stereocenters. The molecule has 2 aromatic carbocycles. The molecule has 0 saturated heterocycles. The number of nitrogens with zero attached hydrogens (tertiary/aromatic N) is 4. The second-order valence-electron chi connectivity index (χ2n) is 6.50. The van der Waals surface area contributed by atoms with Crippen LogP contribution in [0.4, 0.5) is 24.5 Å². The number of benzene rings is 2. The predicted octanol–water partition coefficient (Wildman–Crippen LogP) is 6.93. The second kappa shape index (κ2) is 9.04. The minimum atomic E-state index is -4.56. The number of nitrogens with one attached hydrogen (secondary N) is 1. The molecule has 0 bridgehead atoms. The summed E-state index contributed by atoms with van der Waals surface area (Å²) >= 11 is 6.06. The molecule has 9 heteroatoms. The lowest BCUT2D eigenvalue weighted by molar-refractivity contribution is -0.137. The van der Waals surface area contributed by atoms with Gasteiger partial charge in [-0.05, 0) is 44.2 Å². The zero-order chi connectivity index (χ0) is 21.7. The van der Waals surface area contributed by atoms with Crippen molar-refractivity contribution in [2.45, 2.75) is 20.0 Å². The van der Waals surface area contributed by atoms with Crippen LogP contribution in [-0.4, -0.2) is 10.8 Å². The van der Waals surface area contributed by atoms with Gasteiger partial charge < -0.3 is 0 Å². The molecule has 1 N–H and O–H groups in total. The summed E-state index contributed by atoms with van der Waals surface area (Å²) < 4.78 is 38.8. The van der Waals surface area contributed by atoms with Crippen molar-refractivity contribution in [1.82, 2.24) is 4.98 Å². The van der Waals surface area contributed by atoms with Crippen molar-refractivity contribution in [3.05, 3.63) is 88.2 Å². The highest BCUT2D eigenvalue weighted by molar-refractivity contribution is 6.33. The monoisotopic (exact) mass is 431 g/mol. The first kappa shape index (κ1) is 21.4. The SMILES string of the molecule is Cc1ccc(N=N/C(=N\Nc2ccc(C)cc2)c2ncc(C(F)(F)F)cc2Cl)cc1. The molecule has 154 valence electrons. The van der Waals surface area contributed by atoms with Crippen LogP contribution in [0.1, 0.15) is 22.4 Å². The fourth-order valence-electron chi connectivity index (χ4n) is 2.34. The fourth-order valence-corrected chi connectivity index (χ4v) is 2.59. The maximum atomic E-state index is 12.9. The van der Waals surface area contributed by atoms with Gasteiger partial charge in [0.1, 0.15) is 5.69 Å². The Hall–Kier alpha value is -3.26. The van der Waals surface area contributed by atoms with Gasteiger partial charge in [-0.25, -0.2) is 0 Å². The highest BCUT2D eigenvalue weighted by Crippen LogP contribution is 2.31. The van der Waals surface area contributed by atoms with E-state index in [1.807, 2.05) is 38.1 Å². The Bertz CT molecular complexity index is 1080. The van der Waals surface area contributed by atoms with E-state index in [2.05, 4.69) is 25.7 Å². The average Bonchev–Trinajstić information content (AvgIpc) is 2.70. The Labute approximate surface area is 176 Å². The number of pyridine rings is 1. The molecule has 0 radical (unpaired) electrons. The van der Waals surface area contributed by atoms with Crippen LogP contribution >= 0.6 is 11.6 Å². The van der Waals surface area contributed by atoms with E-state index < -0.39 is 11.7 Å². The smallest absolute Gasteiger partial charge is 0.276 e. The standard InChI is InChI=1S/C21H17ClF3N5/c1-13-3-7-16(8-4-13)27-29-20(30-28-17-9-5-14(2)6-10-17)19-18(22)11-15(12-26-19)21(23,24)25/h3-12,27H,1-2H3/b29-20-,30-28?. The molecular formula is C21H17ClF3N5. The van der Waals surface area contributed by atoms with Gasteiger partial charge in [-0.1, -0.05) is 47.0 Å². The van der Waals surface area contributed by atoms with Gasteiger partial charge in [-0.15, -0.1) is 10.2 Å². The lowest BCUT2D eigenvalue weighted by Gasteiger charge is -2.09. The third-order valence-electron chi connectivity index (χ3n) is 4.02. The van der Waals surface area contributed by atoms with E-state index >= 15 is 0 Å². The lowest BCUT2D eigenvalue weighted by atomic mass is 10.2. The summed E-state index contributed by atoms with van der Waals surface area (Å²) in [6.45, 7) is 3.88. The molecule has 0 spiro atoms. The minimum absolute atomic E-state index is 0.0276. The Kier molecular flexibility index (Phi) is 6.47. The Morgan fingerprint density at radius 2 is 1.57 bits per heavy atom. The number of alkyl halides is 3. The maximum Gasteiger partial charge on any atom is 0.417 e. The second-order valence-corrected chi connectivity index (χ2v) is 6.91. The van der Waals surface area contributed by atoms with Crippen LogP contribution in [0, 0.1) is 13.8 Å². The predicted molar refractivity (Wildman–Crippen MR) is 111 cm³/mol. The molecule has 0 saturated carbocycles. The lowest BCUT2D eigenvalue weighted by Crippen LogP contribution is -2.10. The molecule has 0 aliphatic heterocycles. The zero-order valence-corrected chi connectivity index (χ0v) is 16.8. The van der Waals surface area contributed by atoms with Gasteiger partial charge in [-0.3, -0.25) is 10.4 Å². The van der Waals surface area contributed by atoms with Crippen molar-refractivity contribution in [1.29, 1.82) is 0 Å². The van der Waals surface area contributed by atoms with E-state index in [1.54, 1.807) is 24.3 Å². The molecule has 1 heterocycles. The molecule has 1 aromatic heterocycles. The highest BCUT2D eigenvalue weighted by atomic mass is 35.5. The van der Waals surface area contributed by atoms with Gasteiger partial charge in [0.2, 0.25) is 5.84 Å². The van der Waals surface area contributed by atoms with E-state index in [4.69, 9.17) is 11.6 Å². The van der Waals surface area contributed by atoms with Crippen LogP contribution in [0.25, 0.3) is 0 Å². The van der Waals surface area contributed by atoms with E-state index in [0.717, 1.165) is 17.2 Å². The summed E-state index contributed by atoms with van der Waals surface area (Å²) in [5.74, 6) is -0.0603. The van der Waals surface area contributed by atoms with Crippen molar-refractivity contribution < 1.29 is 13.2 Å². The van der Waals surface area contributed by atoms with Gasteiger partial charge in [0.25, 0.3) is 0 Å². The van der Waals surface area contributed by atoms with Gasteiger partial charge in [0, 0.05) is 6.20 Å². The van der Waals surface area contributed by atoms with Crippen molar-refractivity contribution in [3.8, 4) is 0 Å². The average molecular weight is 432 g/mol. The highest BCUT2D eigenvalue weighted by Gasteiger charge is 2.32. The third kappa shape index (κ3) is 5.64. The number of hydrogen-bond donors (Lipinski definition) is 1. The van der Waals surface area contributed by atoms with Gasteiger partial charge in [0.15, 0.2) is 0 Å². The topological polar surface area (TPSA) is 62.0 Å². The molecule has 0 amide bonds. The van der Waals surface area contributed by atoms with E-state index in [0.29, 0.717) is 17.6 Å². The quantitative estimate of drug-likeness (QED) is 0.211. The van der Waals surface area contributed by atoms with Crippen molar-refractivity contribution >= 4 is 28.8 Å². The Morgan fingerprint density at radius 3 is 2.13 bits per heavy atom. The molecule has 3 aromatic rings. The van der Waals surface area contributed by atoms with E-state index in [-0.39, 0.29) is 16.6 Å². The Balaban J connectivity index is 1.97. The molecule has 0 unspecified atom stereocenters. The number of aromatic nitrogens is 1. The first-order chi connectivity index (χ1) is 14.2. The molecule has 0 fully saturated rings. The van der Waals surface area contributed by atoms with Crippen LogP contribution in [0.15, 0.2) is 76.1 Å². The summed E-state index contributed by atoms with van der Waals surface area (Å²) in [6, 6.07) is 15.4. The number of anilines is 1. The molecule has 30 heavy (non-hydrogen) atoms. The normalized spacial score (nSPS) is 12.4.